The number of benzene rings is 1. The van der Waals surface area contributed by atoms with E-state index in [2.05, 4.69) is 28.1 Å². The Balaban J connectivity index is 1.61. The molecule has 2 aliphatic heterocycles. The second-order valence-corrected chi connectivity index (χ2v) is 7.99. The highest BCUT2D eigenvalue weighted by atomic mass is 15.1. The molecule has 1 aromatic heterocycles. The van der Waals surface area contributed by atoms with Gasteiger partial charge in [-0.2, -0.15) is 5.26 Å². The molecule has 0 amide bonds. The summed E-state index contributed by atoms with van der Waals surface area (Å²) >= 11 is 0. The molecule has 134 valence electrons. The molecule has 1 unspecified atom stereocenters. The normalized spacial score (nSPS) is 25.2. The molecule has 1 aromatic carbocycles. The van der Waals surface area contributed by atoms with Crippen LogP contribution in [0.25, 0.3) is 0 Å². The van der Waals surface area contributed by atoms with Crippen LogP contribution in [-0.4, -0.2) is 29.5 Å². The first-order valence-corrected chi connectivity index (χ1v) is 9.91. The van der Waals surface area contributed by atoms with Crippen molar-refractivity contribution in [2.75, 3.05) is 19.6 Å². The van der Waals surface area contributed by atoms with Gasteiger partial charge in [0.2, 0.25) is 0 Å². The Hall–Kier alpha value is -2.18. The van der Waals surface area contributed by atoms with Gasteiger partial charge in [0.05, 0.1) is 11.8 Å². The van der Waals surface area contributed by atoms with Crippen molar-refractivity contribution in [1.82, 2.24) is 9.88 Å². The minimum atomic E-state index is -0.673. The van der Waals surface area contributed by atoms with Crippen molar-refractivity contribution in [1.29, 1.82) is 5.26 Å². The van der Waals surface area contributed by atoms with Crippen LogP contribution in [0, 0.1) is 23.2 Å². The average molecular weight is 345 g/mol. The van der Waals surface area contributed by atoms with Gasteiger partial charge in [0, 0.05) is 25.8 Å². The topological polar surface area (TPSA) is 39.9 Å². The van der Waals surface area contributed by atoms with Gasteiger partial charge in [-0.15, -0.1) is 0 Å². The molecular weight excluding hydrogens is 318 g/mol. The predicted octanol–water partition coefficient (Wildman–Crippen LogP) is 4.40. The van der Waals surface area contributed by atoms with E-state index < -0.39 is 5.41 Å². The van der Waals surface area contributed by atoms with E-state index in [1.54, 1.807) is 6.20 Å². The number of nitriles is 1. The molecule has 0 radical (unpaired) electrons. The van der Waals surface area contributed by atoms with Crippen molar-refractivity contribution in [2.45, 2.75) is 37.5 Å². The lowest BCUT2D eigenvalue weighted by Gasteiger charge is -2.30. The standard InChI is InChI=1S/C23H27N3/c24-18-23(21-6-2-1-3-7-21,22-8-4-5-14-25-22)13-15-26-16-19-9-10-20(17-26)12-11-19/h1-8,14,19-20H,9-13,15-17H2. The molecule has 5 rings (SSSR count). The second-order valence-electron chi connectivity index (χ2n) is 7.99. The van der Waals surface area contributed by atoms with Crippen molar-refractivity contribution >= 4 is 0 Å². The van der Waals surface area contributed by atoms with Gasteiger partial charge in [-0.3, -0.25) is 4.98 Å². The summed E-state index contributed by atoms with van der Waals surface area (Å²) in [5.41, 5.74) is 1.25. The lowest BCUT2D eigenvalue weighted by atomic mass is 9.75. The summed E-state index contributed by atoms with van der Waals surface area (Å²) in [6, 6.07) is 18.8. The van der Waals surface area contributed by atoms with Crippen LogP contribution in [0.5, 0.6) is 0 Å². The maximum absolute atomic E-state index is 10.3. The second kappa shape index (κ2) is 7.60. The molecule has 3 nitrogen and oxygen atoms in total. The SMILES string of the molecule is N#CC(CCN1CC2CCC(CC2)C1)(c1ccccc1)c1ccccn1. The Morgan fingerprint density at radius 2 is 1.62 bits per heavy atom. The zero-order valence-electron chi connectivity index (χ0n) is 15.3. The Morgan fingerprint density at radius 3 is 2.19 bits per heavy atom. The Labute approximate surface area is 156 Å². The highest BCUT2D eigenvalue weighted by molar-refractivity contribution is 5.42. The largest absolute Gasteiger partial charge is 0.303 e. The van der Waals surface area contributed by atoms with Gasteiger partial charge in [-0.1, -0.05) is 36.4 Å². The van der Waals surface area contributed by atoms with Gasteiger partial charge in [0.1, 0.15) is 5.41 Å². The first-order chi connectivity index (χ1) is 12.8. The van der Waals surface area contributed by atoms with Crippen molar-refractivity contribution in [3.63, 3.8) is 0 Å². The van der Waals surface area contributed by atoms with E-state index in [4.69, 9.17) is 0 Å². The monoisotopic (exact) mass is 345 g/mol. The zero-order valence-corrected chi connectivity index (χ0v) is 15.3. The molecule has 0 N–H and O–H groups in total. The van der Waals surface area contributed by atoms with E-state index in [1.165, 1.54) is 38.8 Å². The summed E-state index contributed by atoms with van der Waals surface area (Å²) in [5.74, 6) is 1.72. The fourth-order valence-corrected chi connectivity index (χ4v) is 4.85. The summed E-state index contributed by atoms with van der Waals surface area (Å²) < 4.78 is 0. The molecule has 2 bridgehead atoms. The molecule has 3 aliphatic rings. The Kier molecular flexibility index (Phi) is 5.04. The quantitative estimate of drug-likeness (QED) is 0.806. The van der Waals surface area contributed by atoms with Crippen molar-refractivity contribution in [2.24, 2.45) is 11.8 Å². The van der Waals surface area contributed by atoms with E-state index in [-0.39, 0.29) is 0 Å². The maximum atomic E-state index is 10.3. The van der Waals surface area contributed by atoms with Crippen LogP contribution in [0.4, 0.5) is 0 Å². The van der Waals surface area contributed by atoms with Gasteiger partial charge in [-0.25, -0.2) is 0 Å². The Bertz CT molecular complexity index is 689. The molecule has 2 saturated heterocycles. The van der Waals surface area contributed by atoms with Gasteiger partial charge < -0.3 is 4.90 Å². The number of hydrogen-bond donors (Lipinski definition) is 0. The molecule has 1 aliphatic carbocycles. The molecule has 2 aromatic rings. The van der Waals surface area contributed by atoms with Gasteiger partial charge >= 0.3 is 0 Å². The zero-order chi connectivity index (χ0) is 17.8. The first-order valence-electron chi connectivity index (χ1n) is 9.91. The fraction of sp³-hybridized carbons (Fsp3) is 0.478. The van der Waals surface area contributed by atoms with E-state index in [1.807, 2.05) is 36.4 Å². The van der Waals surface area contributed by atoms with Crippen LogP contribution >= 0.6 is 0 Å². The van der Waals surface area contributed by atoms with E-state index >= 15 is 0 Å². The van der Waals surface area contributed by atoms with Crippen LogP contribution in [0.2, 0.25) is 0 Å². The average Bonchev–Trinajstić information content (AvgIpc) is 3.03. The minimum Gasteiger partial charge on any atom is -0.303 e. The summed E-state index contributed by atoms with van der Waals surface area (Å²) in [6.45, 7) is 3.37. The van der Waals surface area contributed by atoms with Crippen molar-refractivity contribution in [3.05, 3.63) is 66.0 Å². The van der Waals surface area contributed by atoms with Crippen LogP contribution in [0.1, 0.15) is 43.4 Å². The molecule has 3 heterocycles. The van der Waals surface area contributed by atoms with Crippen LogP contribution in [0.15, 0.2) is 54.7 Å². The van der Waals surface area contributed by atoms with E-state index in [9.17, 15) is 5.26 Å². The van der Waals surface area contributed by atoms with E-state index in [0.29, 0.717) is 0 Å². The Morgan fingerprint density at radius 1 is 0.962 bits per heavy atom. The summed E-state index contributed by atoms with van der Waals surface area (Å²) in [7, 11) is 0. The molecule has 3 heteroatoms. The number of pyridine rings is 1. The van der Waals surface area contributed by atoms with Crippen LogP contribution in [-0.2, 0) is 5.41 Å². The van der Waals surface area contributed by atoms with Crippen LogP contribution < -0.4 is 0 Å². The summed E-state index contributed by atoms with van der Waals surface area (Å²) in [4.78, 5) is 7.20. The molecule has 0 spiro atoms. The number of rotatable bonds is 5. The third-order valence-corrected chi connectivity index (χ3v) is 6.36. The summed E-state index contributed by atoms with van der Waals surface area (Å²) in [6.07, 6.45) is 8.17. The van der Waals surface area contributed by atoms with Crippen molar-refractivity contribution < 1.29 is 0 Å². The smallest absolute Gasteiger partial charge is 0.125 e. The summed E-state index contributed by atoms with van der Waals surface area (Å²) in [5, 5.41) is 10.3. The lowest BCUT2D eigenvalue weighted by molar-refractivity contribution is 0.238. The van der Waals surface area contributed by atoms with Crippen molar-refractivity contribution in [3.8, 4) is 6.07 Å². The predicted molar refractivity (Wildman–Crippen MR) is 104 cm³/mol. The van der Waals surface area contributed by atoms with Gasteiger partial charge in [0.25, 0.3) is 0 Å². The highest BCUT2D eigenvalue weighted by Crippen LogP contribution is 2.37. The molecule has 26 heavy (non-hydrogen) atoms. The third kappa shape index (κ3) is 3.39. The lowest BCUT2D eigenvalue weighted by Crippen LogP contribution is -2.36. The number of fused-ring (bicyclic) bond motifs is 4. The fourth-order valence-electron chi connectivity index (χ4n) is 4.85. The number of nitrogens with zero attached hydrogens (tertiary/aromatic N) is 3. The molecular formula is C23H27N3. The van der Waals surface area contributed by atoms with E-state index in [0.717, 1.165) is 36.1 Å². The number of hydrogen-bond acceptors (Lipinski definition) is 3. The molecule has 3 fully saturated rings. The maximum Gasteiger partial charge on any atom is 0.125 e. The molecule has 1 atom stereocenters. The minimum absolute atomic E-state index is 0.673. The van der Waals surface area contributed by atoms with Gasteiger partial charge in [0.15, 0.2) is 0 Å². The highest BCUT2D eigenvalue weighted by Gasteiger charge is 2.37. The van der Waals surface area contributed by atoms with Gasteiger partial charge in [-0.05, 0) is 61.6 Å². The number of aromatic nitrogens is 1. The van der Waals surface area contributed by atoms with Crippen LogP contribution in [0.3, 0.4) is 0 Å². The first kappa shape index (κ1) is 17.2. The molecule has 1 saturated carbocycles. The third-order valence-electron chi connectivity index (χ3n) is 6.36.